The van der Waals surface area contributed by atoms with E-state index in [1.54, 1.807) is 24.4 Å². The van der Waals surface area contributed by atoms with Gasteiger partial charge in [0.2, 0.25) is 0 Å². The van der Waals surface area contributed by atoms with Gasteiger partial charge >= 0.3 is 0 Å². The van der Waals surface area contributed by atoms with Gasteiger partial charge in [-0.05, 0) is 79.7 Å². The van der Waals surface area contributed by atoms with E-state index in [9.17, 15) is 0 Å². The normalized spacial score (nSPS) is 13.1. The molecule has 0 spiro atoms. The summed E-state index contributed by atoms with van der Waals surface area (Å²) >= 11 is 0. The van der Waals surface area contributed by atoms with Crippen LogP contribution in [0.4, 0.5) is 0 Å². The molecule has 0 fully saturated rings. The Kier molecular flexibility index (Phi) is 14.7. The number of nitrogens with two attached hydrogens (primary N) is 1. The zero-order valence-electron chi connectivity index (χ0n) is 27.5. The highest BCUT2D eigenvalue weighted by atomic mass is 14.9. The molecule has 0 radical (unpaired) electrons. The second-order valence-electron chi connectivity index (χ2n) is 11.0. The van der Waals surface area contributed by atoms with E-state index in [2.05, 4.69) is 62.4 Å². The van der Waals surface area contributed by atoms with Crippen LogP contribution in [0.5, 0.6) is 0 Å². The summed E-state index contributed by atoms with van der Waals surface area (Å²) in [6.45, 7) is 32.6. The summed E-state index contributed by atoms with van der Waals surface area (Å²) < 4.78 is 0. The minimum Gasteiger partial charge on any atom is -0.398 e. The second kappa shape index (κ2) is 17.3. The molecule has 0 saturated heterocycles. The molecular weight excluding hydrogens is 526 g/mol. The van der Waals surface area contributed by atoms with Crippen molar-refractivity contribution in [3.8, 4) is 0 Å². The van der Waals surface area contributed by atoms with Gasteiger partial charge in [-0.1, -0.05) is 91.3 Å². The number of hydrogen-bond acceptors (Lipinski definition) is 4. The Morgan fingerprint density at radius 1 is 1.12 bits per heavy atom. The van der Waals surface area contributed by atoms with Crippen LogP contribution >= 0.6 is 0 Å². The van der Waals surface area contributed by atoms with Gasteiger partial charge in [0.1, 0.15) is 0 Å². The van der Waals surface area contributed by atoms with E-state index in [1.165, 1.54) is 0 Å². The molecule has 228 valence electrons. The summed E-state index contributed by atoms with van der Waals surface area (Å²) in [7, 11) is 0. The Labute approximate surface area is 260 Å². The highest BCUT2D eigenvalue weighted by Crippen LogP contribution is 2.29. The second-order valence-corrected chi connectivity index (χ2v) is 11.0. The first-order valence-electron chi connectivity index (χ1n) is 14.7. The largest absolute Gasteiger partial charge is 0.398 e. The lowest BCUT2D eigenvalue weighted by Crippen LogP contribution is -2.17. The third kappa shape index (κ3) is 10.9. The predicted molar refractivity (Wildman–Crippen MR) is 189 cm³/mol. The number of pyridine rings is 1. The number of aromatic amines is 1. The molecule has 0 aromatic carbocycles. The third-order valence-electron chi connectivity index (χ3n) is 6.32. The number of nitrogens with zero attached hydrogens (tertiary/aromatic N) is 1. The molecule has 0 unspecified atom stereocenters. The van der Waals surface area contributed by atoms with Gasteiger partial charge in [0.25, 0.3) is 0 Å². The van der Waals surface area contributed by atoms with Crippen LogP contribution in [0.15, 0.2) is 133 Å². The topological polar surface area (TPSA) is 90.6 Å². The van der Waals surface area contributed by atoms with E-state index in [0.717, 1.165) is 45.8 Å². The summed E-state index contributed by atoms with van der Waals surface area (Å²) in [6, 6.07) is 5.87. The lowest BCUT2D eigenvalue weighted by molar-refractivity contribution is 0.403. The Balaban J connectivity index is 0.00000452. The van der Waals surface area contributed by atoms with Crippen molar-refractivity contribution < 1.29 is 0 Å². The van der Waals surface area contributed by atoms with Crippen molar-refractivity contribution in [2.24, 2.45) is 11.1 Å². The summed E-state index contributed by atoms with van der Waals surface area (Å²) in [5.41, 5.74) is 15.6. The van der Waals surface area contributed by atoms with E-state index in [1.807, 2.05) is 83.3 Å². The van der Waals surface area contributed by atoms with Crippen LogP contribution < -0.4 is 11.1 Å². The number of rotatable bonds is 13. The molecule has 43 heavy (non-hydrogen) atoms. The lowest BCUT2D eigenvalue weighted by atomic mass is 9.91. The molecule has 0 saturated carbocycles. The van der Waals surface area contributed by atoms with Gasteiger partial charge in [-0.25, -0.2) is 0 Å². The first-order chi connectivity index (χ1) is 20.3. The number of aryl methyl sites for hydroxylation is 1. The van der Waals surface area contributed by atoms with Crippen molar-refractivity contribution in [1.29, 1.82) is 5.41 Å². The van der Waals surface area contributed by atoms with Gasteiger partial charge in [-0.15, -0.1) is 0 Å². The standard InChI is InChI=1S/C36H45N5.C2H6/c1-11-16-30(28-17-15-18-39-23-28)31-21-34(41-26(31)7)35(38)32(33(37)14-4)19-24(5)27(12-2)20-29(13-3)40-25(6)22-36(8,9)10;1-2/h11-21,23,38,40-41H,1,3,5-6,22,37H2,2,4,7-10H3;1-2H3/b27-12+,29-20+,30-16-,32-19+,33-14+,38-35?;. The van der Waals surface area contributed by atoms with Gasteiger partial charge in [-0.2, -0.15) is 0 Å². The van der Waals surface area contributed by atoms with Crippen molar-refractivity contribution in [2.45, 2.75) is 61.8 Å². The Morgan fingerprint density at radius 2 is 1.79 bits per heavy atom. The molecule has 5 nitrogen and oxygen atoms in total. The number of aromatic nitrogens is 2. The van der Waals surface area contributed by atoms with E-state index >= 15 is 0 Å². The molecule has 0 aliphatic rings. The fraction of sp³-hybridized carbons (Fsp3) is 0.263. The molecular formula is C38H51N5. The van der Waals surface area contributed by atoms with Crippen LogP contribution in [-0.2, 0) is 0 Å². The van der Waals surface area contributed by atoms with Crippen LogP contribution in [0.3, 0.4) is 0 Å². The van der Waals surface area contributed by atoms with Crippen LogP contribution in [0.1, 0.15) is 77.4 Å². The molecule has 0 aliphatic carbocycles. The predicted octanol–water partition coefficient (Wildman–Crippen LogP) is 9.63. The summed E-state index contributed by atoms with van der Waals surface area (Å²) in [5.74, 6) is 0. The van der Waals surface area contributed by atoms with Crippen molar-refractivity contribution in [3.05, 3.63) is 156 Å². The average Bonchev–Trinajstić information content (AvgIpc) is 3.37. The molecule has 0 amide bonds. The maximum Gasteiger partial charge on any atom is 0.0867 e. The van der Waals surface area contributed by atoms with Crippen LogP contribution in [0.25, 0.3) is 5.57 Å². The van der Waals surface area contributed by atoms with E-state index < -0.39 is 0 Å². The van der Waals surface area contributed by atoms with Crippen LogP contribution in [0, 0.1) is 17.7 Å². The molecule has 5 heteroatoms. The number of hydrogen-bond donors (Lipinski definition) is 4. The smallest absolute Gasteiger partial charge is 0.0867 e. The van der Waals surface area contributed by atoms with Gasteiger partial charge in [0.05, 0.1) is 11.4 Å². The fourth-order valence-corrected chi connectivity index (χ4v) is 4.38. The summed E-state index contributed by atoms with van der Waals surface area (Å²) in [6.07, 6.45) is 17.4. The minimum absolute atomic E-state index is 0.113. The molecule has 5 N–H and O–H groups in total. The molecule has 2 aromatic heterocycles. The highest BCUT2D eigenvalue weighted by molar-refractivity contribution is 6.13. The van der Waals surface area contributed by atoms with E-state index in [0.29, 0.717) is 22.5 Å². The molecule has 0 bridgehead atoms. The SMILES string of the molecule is C=C/C=C(/c1cccnc1)c1cc(C(=N)C(=C/C(=C)C(/C=C(\C=C)NC(=C)CC(C)(C)C)=C/C)/C(N)=C\C)[nH]c1C.CC. The quantitative estimate of drug-likeness (QED) is 0.141. The molecule has 0 atom stereocenters. The maximum absolute atomic E-state index is 9.13. The Bertz CT molecular complexity index is 1460. The van der Waals surface area contributed by atoms with Gasteiger partial charge in [0.15, 0.2) is 0 Å². The van der Waals surface area contributed by atoms with Crippen molar-refractivity contribution in [2.75, 3.05) is 0 Å². The first kappa shape index (κ1) is 36.4. The molecule has 0 aliphatic heterocycles. The maximum atomic E-state index is 9.13. The molecule has 2 aromatic rings. The van der Waals surface area contributed by atoms with E-state index in [4.69, 9.17) is 11.1 Å². The van der Waals surface area contributed by atoms with Crippen LogP contribution in [0.2, 0.25) is 0 Å². The number of allylic oxidation sites excluding steroid dienone is 11. The average molecular weight is 578 g/mol. The monoisotopic (exact) mass is 577 g/mol. The zero-order valence-corrected chi connectivity index (χ0v) is 27.5. The van der Waals surface area contributed by atoms with Gasteiger partial charge in [0, 0.05) is 51.9 Å². The summed E-state index contributed by atoms with van der Waals surface area (Å²) in [5, 5.41) is 12.5. The first-order valence-corrected chi connectivity index (χ1v) is 14.7. The van der Waals surface area contributed by atoms with Crippen molar-refractivity contribution in [3.63, 3.8) is 0 Å². The fourth-order valence-electron chi connectivity index (χ4n) is 4.38. The minimum atomic E-state index is 0.113. The van der Waals surface area contributed by atoms with Gasteiger partial charge in [-0.3, -0.25) is 10.4 Å². The zero-order chi connectivity index (χ0) is 32.7. The Morgan fingerprint density at radius 3 is 2.30 bits per heavy atom. The number of H-pyrrole nitrogens is 1. The van der Waals surface area contributed by atoms with Crippen molar-refractivity contribution in [1.82, 2.24) is 15.3 Å². The number of nitrogens with one attached hydrogen (secondary N) is 3. The molecule has 2 heterocycles. The van der Waals surface area contributed by atoms with Crippen molar-refractivity contribution >= 4 is 11.3 Å². The lowest BCUT2D eigenvalue weighted by Gasteiger charge is -2.21. The Hall–Kier alpha value is -4.64. The van der Waals surface area contributed by atoms with Crippen LogP contribution in [-0.4, -0.2) is 15.7 Å². The molecule has 2 rings (SSSR count). The third-order valence-corrected chi connectivity index (χ3v) is 6.32. The summed E-state index contributed by atoms with van der Waals surface area (Å²) in [4.78, 5) is 7.64. The van der Waals surface area contributed by atoms with Gasteiger partial charge < -0.3 is 16.0 Å². The highest BCUT2D eigenvalue weighted by Gasteiger charge is 2.18. The van der Waals surface area contributed by atoms with E-state index in [-0.39, 0.29) is 11.1 Å².